The quantitative estimate of drug-likeness (QED) is 0.423. The van der Waals surface area contributed by atoms with E-state index in [4.69, 9.17) is 16.6 Å². The fourth-order valence-electron chi connectivity index (χ4n) is 5.21. The molecule has 1 heterocycles. The highest BCUT2D eigenvalue weighted by atomic mass is 35.5. The molecule has 0 saturated carbocycles. The first-order valence-corrected chi connectivity index (χ1v) is 12.1. The van der Waals surface area contributed by atoms with E-state index in [1.165, 1.54) is 6.07 Å². The second-order valence-electron chi connectivity index (χ2n) is 9.15. The van der Waals surface area contributed by atoms with Gasteiger partial charge in [-0.2, -0.15) is 0 Å². The molecule has 2 aliphatic rings. The first kappa shape index (κ1) is 24.1. The van der Waals surface area contributed by atoms with Crippen LogP contribution in [0.1, 0.15) is 42.7 Å². The van der Waals surface area contributed by atoms with Crippen molar-refractivity contribution in [3.05, 3.63) is 112 Å². The van der Waals surface area contributed by atoms with Crippen LogP contribution in [0.4, 0.5) is 14.5 Å². The lowest BCUT2D eigenvalue weighted by atomic mass is 9.69. The van der Waals surface area contributed by atoms with Gasteiger partial charge in [-0.15, -0.1) is 0 Å². The number of nitrogens with one attached hydrogen (secondary N) is 1. The van der Waals surface area contributed by atoms with E-state index in [0.717, 1.165) is 17.7 Å². The highest BCUT2D eigenvalue weighted by Gasteiger charge is 2.44. The largest absolute Gasteiger partial charge is 0.321 e. The van der Waals surface area contributed by atoms with E-state index in [0.29, 0.717) is 34.0 Å². The molecule has 1 N–H and O–H groups in total. The third-order valence-electron chi connectivity index (χ3n) is 6.88. The summed E-state index contributed by atoms with van der Waals surface area (Å²) in [5.41, 5.74) is 2.85. The normalized spacial score (nSPS) is 21.6. The van der Waals surface area contributed by atoms with Crippen LogP contribution >= 0.6 is 11.6 Å². The number of hydrogen-bond acceptors (Lipinski definition) is 3. The third-order valence-corrected chi connectivity index (χ3v) is 7.13. The monoisotopic (exact) mass is 504 g/mol. The van der Waals surface area contributed by atoms with Crippen molar-refractivity contribution in [3.8, 4) is 0 Å². The van der Waals surface area contributed by atoms with Crippen molar-refractivity contribution in [2.75, 3.05) is 5.32 Å². The summed E-state index contributed by atoms with van der Waals surface area (Å²) in [6.07, 6.45) is 0.848. The van der Waals surface area contributed by atoms with Gasteiger partial charge in [0, 0.05) is 34.3 Å². The van der Waals surface area contributed by atoms with Gasteiger partial charge in [-0.25, -0.2) is 8.78 Å². The summed E-state index contributed by atoms with van der Waals surface area (Å²) < 4.78 is 28.6. The molecule has 1 unspecified atom stereocenters. The van der Waals surface area contributed by atoms with Crippen molar-refractivity contribution in [3.63, 3.8) is 0 Å². The molecule has 0 spiro atoms. The number of amides is 1. The van der Waals surface area contributed by atoms with Gasteiger partial charge in [-0.3, -0.25) is 14.6 Å². The van der Waals surface area contributed by atoms with E-state index < -0.39 is 35.1 Å². The molecule has 0 saturated heterocycles. The first-order chi connectivity index (χ1) is 17.3. The molecule has 0 aromatic heterocycles. The van der Waals surface area contributed by atoms with Gasteiger partial charge in [0.2, 0.25) is 5.91 Å². The lowest BCUT2D eigenvalue weighted by molar-refractivity contribution is -0.119. The zero-order valence-electron chi connectivity index (χ0n) is 19.5. The van der Waals surface area contributed by atoms with Crippen molar-refractivity contribution in [1.82, 2.24) is 0 Å². The van der Waals surface area contributed by atoms with Crippen molar-refractivity contribution in [2.45, 2.75) is 31.6 Å². The number of aliphatic imine (C=N–C) groups is 1. The number of hydrogen-bond donors (Lipinski definition) is 1. The van der Waals surface area contributed by atoms with Crippen molar-refractivity contribution in [2.24, 2.45) is 10.9 Å². The molecule has 3 aromatic rings. The summed E-state index contributed by atoms with van der Waals surface area (Å²) in [6, 6.07) is 20.1. The van der Waals surface area contributed by atoms with Gasteiger partial charge in [0.25, 0.3) is 0 Å². The summed E-state index contributed by atoms with van der Waals surface area (Å²) in [7, 11) is 0. The summed E-state index contributed by atoms with van der Waals surface area (Å²) in [5, 5.41) is 2.92. The van der Waals surface area contributed by atoms with Crippen molar-refractivity contribution >= 4 is 34.7 Å². The van der Waals surface area contributed by atoms with Crippen molar-refractivity contribution in [1.29, 1.82) is 0 Å². The number of para-hydroxylation sites is 1. The number of carbonyl (C=O) groups is 2. The Balaban J connectivity index is 1.57. The lowest BCUT2D eigenvalue weighted by Crippen LogP contribution is -2.40. The van der Waals surface area contributed by atoms with Crippen LogP contribution in [-0.2, 0) is 9.59 Å². The van der Waals surface area contributed by atoms with Crippen LogP contribution in [0.2, 0.25) is 5.02 Å². The van der Waals surface area contributed by atoms with Gasteiger partial charge in [0.05, 0.1) is 5.92 Å². The zero-order chi connectivity index (χ0) is 25.4. The first-order valence-electron chi connectivity index (χ1n) is 11.7. The van der Waals surface area contributed by atoms with Gasteiger partial charge in [-0.1, -0.05) is 60.1 Å². The molecule has 36 heavy (non-hydrogen) atoms. The molecular formula is C29H23ClF2N2O2. The molecule has 1 amide bonds. The van der Waals surface area contributed by atoms with Crippen LogP contribution in [0.5, 0.6) is 0 Å². The van der Waals surface area contributed by atoms with Gasteiger partial charge >= 0.3 is 0 Å². The van der Waals surface area contributed by atoms with E-state index in [2.05, 4.69) is 5.32 Å². The highest BCUT2D eigenvalue weighted by molar-refractivity contribution is 6.30. The van der Waals surface area contributed by atoms with Crippen LogP contribution in [0, 0.1) is 17.6 Å². The predicted molar refractivity (Wildman–Crippen MR) is 136 cm³/mol. The molecule has 182 valence electrons. The fourth-order valence-corrected chi connectivity index (χ4v) is 5.33. The Labute approximate surface area is 212 Å². The van der Waals surface area contributed by atoms with Crippen LogP contribution in [0.25, 0.3) is 0 Å². The van der Waals surface area contributed by atoms with E-state index in [1.807, 2.05) is 30.3 Å². The zero-order valence-corrected chi connectivity index (χ0v) is 20.2. The van der Waals surface area contributed by atoms with Crippen LogP contribution in [-0.4, -0.2) is 17.4 Å². The molecule has 1 aliphatic carbocycles. The molecule has 3 atom stereocenters. The number of carbonyl (C=O) groups excluding carboxylic acids is 2. The Hall–Kier alpha value is -3.64. The number of nitrogens with zero attached hydrogens (tertiary/aromatic N) is 1. The molecule has 1 aliphatic heterocycles. The maximum Gasteiger partial charge on any atom is 0.234 e. The topological polar surface area (TPSA) is 58.5 Å². The third kappa shape index (κ3) is 4.49. The molecule has 3 aromatic carbocycles. The molecule has 7 heteroatoms. The van der Waals surface area contributed by atoms with Gasteiger partial charge in [0.15, 0.2) is 5.78 Å². The van der Waals surface area contributed by atoms with Gasteiger partial charge < -0.3 is 5.32 Å². The minimum atomic E-state index is -0.929. The molecule has 0 radical (unpaired) electrons. The van der Waals surface area contributed by atoms with Crippen molar-refractivity contribution < 1.29 is 18.4 Å². The number of anilines is 1. The van der Waals surface area contributed by atoms with E-state index in [-0.39, 0.29) is 18.1 Å². The maximum absolute atomic E-state index is 14.3. The molecule has 0 fully saturated rings. The number of rotatable bonds is 4. The SMILES string of the molecule is CC1=NC2=C(C(=O)C[C@H](c3ccccc3)C2)[C@@H](c2ccc(Cl)cc2)C1C(=O)Nc1c(F)cccc1F. The van der Waals surface area contributed by atoms with Gasteiger partial charge in [0.1, 0.15) is 17.3 Å². The minimum Gasteiger partial charge on any atom is -0.321 e. The highest BCUT2D eigenvalue weighted by Crippen LogP contribution is 2.47. The van der Waals surface area contributed by atoms with E-state index >= 15 is 0 Å². The van der Waals surface area contributed by atoms with E-state index in [1.54, 1.807) is 31.2 Å². The maximum atomic E-state index is 14.3. The van der Waals surface area contributed by atoms with Crippen LogP contribution < -0.4 is 5.32 Å². The Morgan fingerprint density at radius 2 is 1.58 bits per heavy atom. The lowest BCUT2D eigenvalue weighted by Gasteiger charge is -2.37. The Morgan fingerprint density at radius 3 is 2.25 bits per heavy atom. The summed E-state index contributed by atoms with van der Waals surface area (Å²) in [4.78, 5) is 31.8. The van der Waals surface area contributed by atoms with E-state index in [9.17, 15) is 18.4 Å². The predicted octanol–water partition coefficient (Wildman–Crippen LogP) is 6.83. The number of benzene rings is 3. The molecule has 5 rings (SSSR count). The minimum absolute atomic E-state index is 0.0160. The second kappa shape index (κ2) is 9.78. The standard InChI is InChI=1S/C29H23ClF2N2O2/c1-16-25(29(36)34-28-21(31)8-5-9-22(28)32)26(18-10-12-20(30)13-11-18)27-23(33-16)14-19(15-24(27)35)17-6-3-2-4-7-17/h2-13,19,25-26H,14-15H2,1H3,(H,34,36)/t19-,25?,26+/m1/s1. The summed E-state index contributed by atoms with van der Waals surface area (Å²) in [6.45, 7) is 1.71. The second-order valence-corrected chi connectivity index (χ2v) is 9.58. The van der Waals surface area contributed by atoms with Crippen LogP contribution in [0.15, 0.2) is 89.1 Å². The number of Topliss-reactive ketones (excluding diaryl/α,β-unsaturated/α-hetero) is 1. The van der Waals surface area contributed by atoms with Gasteiger partial charge in [-0.05, 0) is 54.7 Å². The smallest absolute Gasteiger partial charge is 0.234 e. The fraction of sp³-hybridized carbons (Fsp3) is 0.207. The Bertz CT molecular complexity index is 1380. The molecular weight excluding hydrogens is 482 g/mol. The average Bonchev–Trinajstić information content (AvgIpc) is 2.86. The Kier molecular flexibility index (Phi) is 6.54. The van der Waals surface area contributed by atoms with Crippen LogP contribution in [0.3, 0.4) is 0 Å². The average molecular weight is 505 g/mol. The Morgan fingerprint density at radius 1 is 0.917 bits per heavy atom. The number of allylic oxidation sites excluding steroid dienone is 2. The summed E-state index contributed by atoms with van der Waals surface area (Å²) >= 11 is 6.11. The number of ketones is 1. The number of halogens is 3. The summed E-state index contributed by atoms with van der Waals surface area (Å²) in [5.74, 6) is -4.08. The molecule has 0 bridgehead atoms. The molecule has 4 nitrogen and oxygen atoms in total.